The van der Waals surface area contributed by atoms with Crippen molar-refractivity contribution < 1.29 is 0 Å². The second kappa shape index (κ2) is 7.79. The van der Waals surface area contributed by atoms with E-state index in [0.717, 1.165) is 5.92 Å². The highest BCUT2D eigenvalue weighted by Crippen LogP contribution is 2.37. The fourth-order valence-electron chi connectivity index (χ4n) is 4.22. The largest absolute Gasteiger partial charge is 0.314 e. The van der Waals surface area contributed by atoms with Crippen molar-refractivity contribution in [2.24, 2.45) is 11.3 Å². The minimum Gasteiger partial charge on any atom is -0.314 e. The Morgan fingerprint density at radius 3 is 2.55 bits per heavy atom. The van der Waals surface area contributed by atoms with Crippen LogP contribution in [0.15, 0.2) is 0 Å². The first-order chi connectivity index (χ1) is 9.63. The van der Waals surface area contributed by atoms with E-state index in [2.05, 4.69) is 31.0 Å². The van der Waals surface area contributed by atoms with Gasteiger partial charge < -0.3 is 10.2 Å². The summed E-state index contributed by atoms with van der Waals surface area (Å²) in [5.74, 6) is 0.961. The molecule has 1 heterocycles. The van der Waals surface area contributed by atoms with Crippen molar-refractivity contribution in [3.63, 3.8) is 0 Å². The third-order valence-electron chi connectivity index (χ3n) is 5.54. The van der Waals surface area contributed by atoms with Crippen LogP contribution in [0.5, 0.6) is 0 Å². The molecule has 20 heavy (non-hydrogen) atoms. The van der Waals surface area contributed by atoms with Gasteiger partial charge in [-0.25, -0.2) is 0 Å². The molecule has 1 unspecified atom stereocenters. The molecule has 2 heteroatoms. The molecule has 1 aliphatic carbocycles. The van der Waals surface area contributed by atoms with Crippen LogP contribution in [0.3, 0.4) is 0 Å². The lowest BCUT2D eigenvalue weighted by Gasteiger charge is -2.44. The standard InChI is InChI=1S/C18H36N2/c1-4-17-9-8-12-20(13-17)15-18(14-19-16(2)3)10-6-5-7-11-18/h16-17,19H,4-15H2,1-3H3. The summed E-state index contributed by atoms with van der Waals surface area (Å²) in [5.41, 5.74) is 0.568. The lowest BCUT2D eigenvalue weighted by atomic mass is 9.73. The van der Waals surface area contributed by atoms with Gasteiger partial charge in [-0.05, 0) is 43.6 Å². The van der Waals surface area contributed by atoms with Crippen molar-refractivity contribution in [2.45, 2.75) is 78.2 Å². The third kappa shape index (κ3) is 4.73. The van der Waals surface area contributed by atoms with Crippen molar-refractivity contribution in [2.75, 3.05) is 26.2 Å². The van der Waals surface area contributed by atoms with Gasteiger partial charge in [-0.15, -0.1) is 0 Å². The van der Waals surface area contributed by atoms with Gasteiger partial charge in [0, 0.05) is 25.7 Å². The molecule has 1 aliphatic heterocycles. The zero-order valence-electron chi connectivity index (χ0n) is 14.1. The highest BCUT2D eigenvalue weighted by molar-refractivity contribution is 4.89. The number of hydrogen-bond donors (Lipinski definition) is 1. The number of nitrogens with one attached hydrogen (secondary N) is 1. The Bertz CT molecular complexity index is 269. The van der Waals surface area contributed by atoms with Crippen LogP contribution in [0.4, 0.5) is 0 Å². The van der Waals surface area contributed by atoms with E-state index in [0.29, 0.717) is 11.5 Å². The zero-order chi connectivity index (χ0) is 14.4. The molecule has 1 N–H and O–H groups in total. The molecule has 0 aromatic carbocycles. The summed E-state index contributed by atoms with van der Waals surface area (Å²) in [4.78, 5) is 2.80. The Kier molecular flexibility index (Phi) is 6.35. The summed E-state index contributed by atoms with van der Waals surface area (Å²) in [6, 6.07) is 0.624. The number of nitrogens with zero attached hydrogens (tertiary/aromatic N) is 1. The van der Waals surface area contributed by atoms with Crippen molar-refractivity contribution in [3.05, 3.63) is 0 Å². The van der Waals surface area contributed by atoms with Crippen LogP contribution in [0.2, 0.25) is 0 Å². The maximum absolute atomic E-state index is 3.74. The van der Waals surface area contributed by atoms with Gasteiger partial charge in [0.1, 0.15) is 0 Å². The third-order valence-corrected chi connectivity index (χ3v) is 5.54. The summed E-state index contributed by atoms with van der Waals surface area (Å²) in [6.45, 7) is 12.2. The number of piperidine rings is 1. The number of hydrogen-bond acceptors (Lipinski definition) is 2. The zero-order valence-corrected chi connectivity index (χ0v) is 14.1. The average Bonchev–Trinajstić information content (AvgIpc) is 2.46. The van der Waals surface area contributed by atoms with Gasteiger partial charge in [0.2, 0.25) is 0 Å². The molecule has 0 spiro atoms. The molecule has 2 rings (SSSR count). The van der Waals surface area contributed by atoms with E-state index in [4.69, 9.17) is 0 Å². The molecule has 0 aromatic heterocycles. The van der Waals surface area contributed by atoms with E-state index in [1.165, 1.54) is 77.5 Å². The predicted octanol–water partition coefficient (Wildman–Crippen LogP) is 4.06. The van der Waals surface area contributed by atoms with Gasteiger partial charge >= 0.3 is 0 Å². The SMILES string of the molecule is CCC1CCCN(CC2(CNC(C)C)CCCCC2)C1. The molecule has 2 aliphatic rings. The quantitative estimate of drug-likeness (QED) is 0.789. The minimum atomic E-state index is 0.568. The lowest BCUT2D eigenvalue weighted by molar-refractivity contribution is 0.0705. The van der Waals surface area contributed by atoms with Gasteiger partial charge in [0.15, 0.2) is 0 Å². The van der Waals surface area contributed by atoms with E-state index in [1.807, 2.05) is 0 Å². The molecule has 1 saturated heterocycles. The summed E-state index contributed by atoms with van der Waals surface area (Å²) in [5, 5.41) is 3.74. The molecule has 2 nitrogen and oxygen atoms in total. The summed E-state index contributed by atoms with van der Waals surface area (Å²) in [7, 11) is 0. The van der Waals surface area contributed by atoms with Gasteiger partial charge in [0.25, 0.3) is 0 Å². The molecule has 118 valence electrons. The maximum atomic E-state index is 3.74. The van der Waals surface area contributed by atoms with Crippen LogP contribution < -0.4 is 5.32 Å². The van der Waals surface area contributed by atoms with Gasteiger partial charge in [-0.2, -0.15) is 0 Å². The minimum absolute atomic E-state index is 0.568. The highest BCUT2D eigenvalue weighted by Gasteiger charge is 2.34. The van der Waals surface area contributed by atoms with E-state index in [9.17, 15) is 0 Å². The van der Waals surface area contributed by atoms with Crippen molar-refractivity contribution in [1.29, 1.82) is 0 Å². The van der Waals surface area contributed by atoms with E-state index >= 15 is 0 Å². The van der Waals surface area contributed by atoms with E-state index < -0.39 is 0 Å². The van der Waals surface area contributed by atoms with Crippen molar-refractivity contribution in [3.8, 4) is 0 Å². The Morgan fingerprint density at radius 1 is 1.15 bits per heavy atom. The molecule has 1 saturated carbocycles. The van der Waals surface area contributed by atoms with E-state index in [-0.39, 0.29) is 0 Å². The fraction of sp³-hybridized carbons (Fsp3) is 1.00. The lowest BCUT2D eigenvalue weighted by Crippen LogP contribution is -2.49. The Hall–Kier alpha value is -0.0800. The maximum Gasteiger partial charge on any atom is 0.00503 e. The van der Waals surface area contributed by atoms with Gasteiger partial charge in [-0.3, -0.25) is 0 Å². The van der Waals surface area contributed by atoms with Gasteiger partial charge in [-0.1, -0.05) is 46.5 Å². The topological polar surface area (TPSA) is 15.3 Å². The Morgan fingerprint density at radius 2 is 1.90 bits per heavy atom. The summed E-state index contributed by atoms with van der Waals surface area (Å²) < 4.78 is 0. The molecule has 1 atom stereocenters. The Balaban J connectivity index is 1.92. The predicted molar refractivity (Wildman–Crippen MR) is 88.1 cm³/mol. The molecule has 0 aromatic rings. The van der Waals surface area contributed by atoms with Crippen LogP contribution >= 0.6 is 0 Å². The molecular formula is C18H36N2. The molecular weight excluding hydrogens is 244 g/mol. The average molecular weight is 281 g/mol. The number of rotatable bonds is 6. The van der Waals surface area contributed by atoms with E-state index in [1.54, 1.807) is 0 Å². The van der Waals surface area contributed by atoms with Crippen LogP contribution in [0, 0.1) is 11.3 Å². The molecule has 0 bridgehead atoms. The number of likely N-dealkylation sites (tertiary alicyclic amines) is 1. The first kappa shape index (κ1) is 16.3. The van der Waals surface area contributed by atoms with Gasteiger partial charge in [0.05, 0.1) is 0 Å². The van der Waals surface area contributed by atoms with Crippen LogP contribution in [-0.4, -0.2) is 37.1 Å². The second-order valence-electron chi connectivity index (χ2n) is 7.75. The fourth-order valence-corrected chi connectivity index (χ4v) is 4.22. The van der Waals surface area contributed by atoms with Crippen LogP contribution in [0.25, 0.3) is 0 Å². The molecule has 0 radical (unpaired) electrons. The smallest absolute Gasteiger partial charge is 0.00503 e. The molecule has 0 amide bonds. The monoisotopic (exact) mass is 280 g/mol. The first-order valence-corrected chi connectivity index (χ1v) is 9.09. The van der Waals surface area contributed by atoms with Crippen LogP contribution in [-0.2, 0) is 0 Å². The van der Waals surface area contributed by atoms with Crippen molar-refractivity contribution >= 4 is 0 Å². The van der Waals surface area contributed by atoms with Crippen molar-refractivity contribution in [1.82, 2.24) is 10.2 Å². The Labute approximate surface area is 126 Å². The highest BCUT2D eigenvalue weighted by atomic mass is 15.1. The molecule has 2 fully saturated rings. The second-order valence-corrected chi connectivity index (χ2v) is 7.75. The normalized spacial score (nSPS) is 27.9. The first-order valence-electron chi connectivity index (χ1n) is 9.09. The van der Waals surface area contributed by atoms with Crippen LogP contribution in [0.1, 0.15) is 72.1 Å². The summed E-state index contributed by atoms with van der Waals surface area (Å²) >= 11 is 0. The summed E-state index contributed by atoms with van der Waals surface area (Å²) in [6.07, 6.45) is 11.5.